The fraction of sp³-hybridized carbons (Fsp3) is 0.263. The number of benzene rings is 1. The summed E-state index contributed by atoms with van der Waals surface area (Å²) >= 11 is 0. The molecule has 0 saturated carbocycles. The van der Waals surface area contributed by atoms with Crippen molar-refractivity contribution >= 4 is 29.5 Å². The molecule has 0 unspecified atom stereocenters. The van der Waals surface area contributed by atoms with Crippen molar-refractivity contribution in [3.05, 3.63) is 62.3 Å². The van der Waals surface area contributed by atoms with Crippen LogP contribution in [0.1, 0.15) is 29.8 Å². The van der Waals surface area contributed by atoms with E-state index < -0.39 is 23.1 Å². The van der Waals surface area contributed by atoms with E-state index in [0.29, 0.717) is 11.1 Å². The number of rotatable bonds is 6. The van der Waals surface area contributed by atoms with Gasteiger partial charge in [0.2, 0.25) is 5.91 Å². The number of nitrogens with one attached hydrogen (secondary N) is 1. The smallest absolute Gasteiger partial charge is 0.337 e. The number of nitrogens with two attached hydrogens (primary N) is 1. The largest absolute Gasteiger partial charge is 0.465 e. The van der Waals surface area contributed by atoms with E-state index in [1.165, 1.54) is 23.8 Å². The molecule has 1 amide bonds. The summed E-state index contributed by atoms with van der Waals surface area (Å²) in [5.74, 6) is -1.13. The first kappa shape index (κ1) is 20.7. The number of nitrogen functional groups attached to an aromatic ring is 1. The van der Waals surface area contributed by atoms with Crippen LogP contribution >= 0.6 is 0 Å². The molecular weight excluding hydrogens is 364 g/mol. The Hall–Kier alpha value is -3.62. The molecule has 0 spiro atoms. The molecule has 0 aliphatic carbocycles. The number of nitrogens with zero attached hydrogens (tertiary/aromatic N) is 2. The number of ether oxygens (including phenoxy) is 1. The van der Waals surface area contributed by atoms with Crippen LogP contribution in [0.15, 0.2) is 39.9 Å². The highest BCUT2D eigenvalue weighted by atomic mass is 16.5. The second-order valence-electron chi connectivity index (χ2n) is 5.77. The summed E-state index contributed by atoms with van der Waals surface area (Å²) in [6.07, 6.45) is 2.74. The number of carbonyl (C=O) groups is 2. The molecule has 0 radical (unpaired) electrons. The van der Waals surface area contributed by atoms with E-state index in [4.69, 9.17) is 5.73 Å². The monoisotopic (exact) mass is 386 g/mol. The Labute approximate surface area is 161 Å². The number of esters is 1. The average molecular weight is 386 g/mol. The van der Waals surface area contributed by atoms with Crippen LogP contribution in [0.4, 0.5) is 11.5 Å². The van der Waals surface area contributed by atoms with Gasteiger partial charge in [-0.05, 0) is 37.6 Å². The van der Waals surface area contributed by atoms with Crippen molar-refractivity contribution in [1.82, 2.24) is 9.13 Å². The molecule has 0 aliphatic heterocycles. The topological polar surface area (TPSA) is 125 Å². The van der Waals surface area contributed by atoms with Gasteiger partial charge in [0.05, 0.1) is 12.7 Å². The van der Waals surface area contributed by atoms with Gasteiger partial charge in [0, 0.05) is 19.2 Å². The minimum atomic E-state index is -0.654. The summed E-state index contributed by atoms with van der Waals surface area (Å²) in [6, 6.07) is 6.42. The van der Waals surface area contributed by atoms with Crippen LogP contribution in [0.2, 0.25) is 0 Å². The highest BCUT2D eigenvalue weighted by molar-refractivity contribution is 6.03. The Kier molecular flexibility index (Phi) is 6.54. The minimum Gasteiger partial charge on any atom is -0.465 e. The summed E-state index contributed by atoms with van der Waals surface area (Å²) in [5.41, 5.74) is 5.64. The van der Waals surface area contributed by atoms with Gasteiger partial charge in [-0.1, -0.05) is 12.1 Å². The molecule has 0 atom stereocenters. The van der Waals surface area contributed by atoms with E-state index in [9.17, 15) is 19.2 Å². The summed E-state index contributed by atoms with van der Waals surface area (Å²) in [5, 5.41) is 2.45. The second kappa shape index (κ2) is 8.85. The van der Waals surface area contributed by atoms with Crippen LogP contribution in [0.3, 0.4) is 0 Å². The molecule has 28 heavy (non-hydrogen) atoms. The van der Waals surface area contributed by atoms with Gasteiger partial charge in [0.25, 0.3) is 5.56 Å². The number of methoxy groups -OCH3 is 1. The first-order valence-corrected chi connectivity index (χ1v) is 8.64. The molecule has 1 aromatic carbocycles. The predicted molar refractivity (Wildman–Crippen MR) is 106 cm³/mol. The quantitative estimate of drug-likeness (QED) is 0.565. The molecule has 0 saturated heterocycles. The highest BCUT2D eigenvalue weighted by Gasteiger charge is 2.16. The number of carbonyl (C=O) groups excluding carboxylic acids is 2. The third-order valence-electron chi connectivity index (χ3n) is 4.11. The van der Waals surface area contributed by atoms with Gasteiger partial charge in [-0.2, -0.15) is 0 Å². The van der Waals surface area contributed by atoms with Crippen molar-refractivity contribution in [3.63, 3.8) is 0 Å². The lowest BCUT2D eigenvalue weighted by Gasteiger charge is -2.14. The average Bonchev–Trinajstić information content (AvgIpc) is 2.70. The predicted octanol–water partition coefficient (Wildman–Crippen LogP) is 1.07. The standard InChI is InChI=1S/C19H22N4O5/c1-4-22-16(20)15(17(25)23(5-2)19(22)27)21-14(24)11-8-12-6-9-13(10-7-12)18(26)28-3/h6-11H,4-5,20H2,1-3H3,(H,21,24). The third kappa shape index (κ3) is 4.20. The Bertz CT molecular complexity index is 1030. The van der Waals surface area contributed by atoms with Gasteiger partial charge in [0.1, 0.15) is 11.5 Å². The molecule has 1 aromatic heterocycles. The van der Waals surface area contributed by atoms with E-state index in [0.717, 1.165) is 4.57 Å². The van der Waals surface area contributed by atoms with Gasteiger partial charge in [-0.25, -0.2) is 9.59 Å². The number of anilines is 2. The van der Waals surface area contributed by atoms with Crippen molar-refractivity contribution in [2.45, 2.75) is 26.9 Å². The Morgan fingerprint density at radius 2 is 1.71 bits per heavy atom. The lowest BCUT2D eigenvalue weighted by molar-refractivity contribution is -0.111. The number of hydrogen-bond donors (Lipinski definition) is 2. The van der Waals surface area contributed by atoms with Crippen molar-refractivity contribution in [2.75, 3.05) is 18.2 Å². The van der Waals surface area contributed by atoms with E-state index in [1.54, 1.807) is 38.1 Å². The van der Waals surface area contributed by atoms with Crippen LogP contribution in [0, 0.1) is 0 Å². The number of amides is 1. The number of aromatic nitrogens is 2. The Morgan fingerprint density at radius 3 is 2.25 bits per heavy atom. The second-order valence-corrected chi connectivity index (χ2v) is 5.77. The fourth-order valence-corrected chi connectivity index (χ4v) is 2.60. The molecule has 0 aliphatic rings. The van der Waals surface area contributed by atoms with Crippen molar-refractivity contribution < 1.29 is 14.3 Å². The van der Waals surface area contributed by atoms with E-state index in [-0.39, 0.29) is 24.6 Å². The molecule has 0 bridgehead atoms. The van der Waals surface area contributed by atoms with Gasteiger partial charge in [-0.15, -0.1) is 0 Å². The van der Waals surface area contributed by atoms with Crippen molar-refractivity contribution in [2.24, 2.45) is 0 Å². The summed E-state index contributed by atoms with van der Waals surface area (Å²) < 4.78 is 6.84. The zero-order valence-electron chi connectivity index (χ0n) is 15.9. The van der Waals surface area contributed by atoms with Crippen LogP contribution in [-0.4, -0.2) is 28.1 Å². The maximum Gasteiger partial charge on any atom is 0.337 e. The molecule has 1 heterocycles. The molecule has 9 nitrogen and oxygen atoms in total. The molecule has 0 fully saturated rings. The van der Waals surface area contributed by atoms with E-state index in [2.05, 4.69) is 10.1 Å². The van der Waals surface area contributed by atoms with Crippen molar-refractivity contribution in [1.29, 1.82) is 0 Å². The first-order valence-electron chi connectivity index (χ1n) is 8.64. The zero-order valence-corrected chi connectivity index (χ0v) is 15.9. The Balaban J connectivity index is 2.26. The molecule has 2 rings (SSSR count). The third-order valence-corrected chi connectivity index (χ3v) is 4.11. The van der Waals surface area contributed by atoms with Gasteiger partial charge < -0.3 is 15.8 Å². The maximum absolute atomic E-state index is 12.4. The van der Waals surface area contributed by atoms with E-state index in [1.807, 2.05) is 0 Å². The maximum atomic E-state index is 12.4. The summed E-state index contributed by atoms with van der Waals surface area (Å²) in [6.45, 7) is 3.79. The van der Waals surface area contributed by atoms with Crippen LogP contribution in [0.25, 0.3) is 6.08 Å². The molecule has 9 heteroatoms. The van der Waals surface area contributed by atoms with Crippen LogP contribution < -0.4 is 22.3 Å². The number of hydrogen-bond acceptors (Lipinski definition) is 6. The van der Waals surface area contributed by atoms with Gasteiger partial charge >= 0.3 is 11.7 Å². The lowest BCUT2D eigenvalue weighted by atomic mass is 10.1. The summed E-state index contributed by atoms with van der Waals surface area (Å²) in [4.78, 5) is 48.3. The SMILES string of the molecule is CCn1c(N)c(NC(=O)C=Cc2ccc(C(=O)OC)cc2)c(=O)n(CC)c1=O. The van der Waals surface area contributed by atoms with E-state index >= 15 is 0 Å². The highest BCUT2D eigenvalue weighted by Crippen LogP contribution is 2.12. The normalized spacial score (nSPS) is 10.8. The molecular formula is C19H22N4O5. The van der Waals surface area contributed by atoms with Crippen molar-refractivity contribution in [3.8, 4) is 0 Å². The fourth-order valence-electron chi connectivity index (χ4n) is 2.60. The minimum absolute atomic E-state index is 0.0913. The first-order chi connectivity index (χ1) is 13.3. The lowest BCUT2D eigenvalue weighted by Crippen LogP contribution is -2.42. The molecule has 3 N–H and O–H groups in total. The Morgan fingerprint density at radius 1 is 1.11 bits per heavy atom. The van der Waals surface area contributed by atoms with Gasteiger partial charge in [-0.3, -0.25) is 18.7 Å². The van der Waals surface area contributed by atoms with Crippen LogP contribution in [0.5, 0.6) is 0 Å². The summed E-state index contributed by atoms with van der Waals surface area (Å²) in [7, 11) is 1.29. The molecule has 2 aromatic rings. The van der Waals surface area contributed by atoms with Crippen LogP contribution in [-0.2, 0) is 22.6 Å². The van der Waals surface area contributed by atoms with Gasteiger partial charge in [0.15, 0.2) is 0 Å². The zero-order chi connectivity index (χ0) is 20.8. The molecule has 148 valence electrons.